The molecule has 0 aliphatic carbocycles. The minimum absolute atomic E-state index is 0.180. The van der Waals surface area contributed by atoms with Gasteiger partial charge in [0, 0.05) is 60.8 Å². The number of rotatable bonds is 5. The molecule has 0 spiro atoms. The van der Waals surface area contributed by atoms with E-state index in [0.29, 0.717) is 30.6 Å². The first-order valence-corrected chi connectivity index (χ1v) is 13.3. The Morgan fingerprint density at radius 3 is 2.64 bits per heavy atom. The fraction of sp³-hybridized carbons (Fsp3) is 0.500. The molecule has 3 aliphatic heterocycles. The molecule has 4 heterocycles. The largest absolute Gasteiger partial charge is 0.462 e. The van der Waals surface area contributed by atoms with Crippen molar-refractivity contribution in [3.8, 4) is 6.01 Å². The third-order valence-corrected chi connectivity index (χ3v) is 7.93. The molecule has 3 aliphatic rings. The van der Waals surface area contributed by atoms with Crippen molar-refractivity contribution in [2.45, 2.75) is 38.3 Å². The Balaban J connectivity index is 1.35. The second kappa shape index (κ2) is 10.2. The molecular formula is C28H35FN6O. The highest BCUT2D eigenvalue weighted by Crippen LogP contribution is 2.34. The number of ether oxygens (including phenoxy) is 1. The molecule has 0 unspecified atom stereocenters. The summed E-state index contributed by atoms with van der Waals surface area (Å²) < 4.78 is 20.8. The van der Waals surface area contributed by atoms with Crippen LogP contribution in [0.5, 0.6) is 6.01 Å². The Morgan fingerprint density at radius 2 is 1.81 bits per heavy atom. The zero-order chi connectivity index (χ0) is 24.5. The zero-order valence-electron chi connectivity index (χ0n) is 21.0. The first-order valence-electron chi connectivity index (χ1n) is 13.3. The van der Waals surface area contributed by atoms with Crippen LogP contribution in [0.15, 0.2) is 36.4 Å². The van der Waals surface area contributed by atoms with Gasteiger partial charge in [-0.3, -0.25) is 0 Å². The van der Waals surface area contributed by atoms with Gasteiger partial charge in [0.05, 0.1) is 12.2 Å². The maximum absolute atomic E-state index is 14.5. The molecule has 0 bridgehead atoms. The van der Waals surface area contributed by atoms with E-state index < -0.39 is 0 Å². The molecule has 1 aromatic heterocycles. The topological polar surface area (TPSA) is 56.8 Å². The lowest BCUT2D eigenvalue weighted by Crippen LogP contribution is -2.44. The van der Waals surface area contributed by atoms with Crippen LogP contribution in [0.1, 0.15) is 30.5 Å². The van der Waals surface area contributed by atoms with Crippen molar-refractivity contribution in [1.29, 1.82) is 0 Å². The molecule has 0 amide bonds. The maximum atomic E-state index is 14.5. The number of nitrogens with one attached hydrogen (secondary N) is 1. The predicted octanol–water partition coefficient (Wildman–Crippen LogP) is 3.60. The Labute approximate surface area is 212 Å². The standard InChI is InChI=1S/C28H35FN6O/c1-33-14-4-6-20(33)19-36-28-31-25-18-35(26-11-3-7-21-22(26)8-2-10-24(21)29)15-5-9-23(25)27(32-28)34-16-12-30-13-17-34/h2-3,7-8,10-11,20,30H,4-6,9,12-19H2,1H3/t20-/m0/s1. The van der Waals surface area contributed by atoms with Crippen LogP contribution in [-0.2, 0) is 13.0 Å². The van der Waals surface area contributed by atoms with Gasteiger partial charge in [0.2, 0.25) is 0 Å². The van der Waals surface area contributed by atoms with Crippen molar-refractivity contribution >= 4 is 22.3 Å². The van der Waals surface area contributed by atoms with Gasteiger partial charge in [-0.15, -0.1) is 0 Å². The number of likely N-dealkylation sites (N-methyl/N-ethyl adjacent to an activating group) is 1. The van der Waals surface area contributed by atoms with Gasteiger partial charge >= 0.3 is 6.01 Å². The van der Waals surface area contributed by atoms with Crippen LogP contribution in [0.4, 0.5) is 15.9 Å². The monoisotopic (exact) mass is 490 g/mol. The first-order chi connectivity index (χ1) is 17.7. The molecule has 2 aromatic carbocycles. The van der Waals surface area contributed by atoms with Gasteiger partial charge in [0.15, 0.2) is 0 Å². The molecule has 1 atom stereocenters. The summed E-state index contributed by atoms with van der Waals surface area (Å²) in [6.07, 6.45) is 4.28. The molecule has 2 saturated heterocycles. The Morgan fingerprint density at radius 1 is 0.972 bits per heavy atom. The molecule has 8 heteroatoms. The molecule has 2 fully saturated rings. The van der Waals surface area contributed by atoms with E-state index in [1.54, 1.807) is 6.07 Å². The summed E-state index contributed by atoms with van der Waals surface area (Å²) in [5, 5.41) is 5.05. The van der Waals surface area contributed by atoms with Gasteiger partial charge in [0.1, 0.15) is 18.2 Å². The van der Waals surface area contributed by atoms with E-state index in [1.807, 2.05) is 18.2 Å². The van der Waals surface area contributed by atoms with Crippen molar-refractivity contribution in [3.05, 3.63) is 53.5 Å². The lowest BCUT2D eigenvalue weighted by molar-refractivity contribution is 0.187. The summed E-state index contributed by atoms with van der Waals surface area (Å²) in [5.41, 5.74) is 3.31. The number of piperazine rings is 1. The average molecular weight is 491 g/mol. The SMILES string of the molecule is CN1CCC[C@H]1COc1nc2c(c(N3CCNCC3)n1)CCCN(c1cccc3c(F)cccc13)C2. The number of likely N-dealkylation sites (tertiary alicyclic amines) is 1. The van der Waals surface area contributed by atoms with Gasteiger partial charge in [0.25, 0.3) is 0 Å². The molecule has 3 aromatic rings. The lowest BCUT2D eigenvalue weighted by Gasteiger charge is -2.31. The van der Waals surface area contributed by atoms with E-state index in [2.05, 4.69) is 33.1 Å². The Hall–Kier alpha value is -2.97. The van der Waals surface area contributed by atoms with Crippen LogP contribution in [-0.4, -0.2) is 73.8 Å². The quantitative estimate of drug-likeness (QED) is 0.587. The summed E-state index contributed by atoms with van der Waals surface area (Å²) in [4.78, 5) is 17.0. The van der Waals surface area contributed by atoms with Crippen molar-refractivity contribution < 1.29 is 9.13 Å². The van der Waals surface area contributed by atoms with Crippen LogP contribution >= 0.6 is 0 Å². The molecule has 36 heavy (non-hydrogen) atoms. The predicted molar refractivity (Wildman–Crippen MR) is 142 cm³/mol. The van der Waals surface area contributed by atoms with Crippen LogP contribution < -0.4 is 19.9 Å². The number of fused-ring (bicyclic) bond motifs is 2. The minimum Gasteiger partial charge on any atom is -0.462 e. The van der Waals surface area contributed by atoms with Crippen LogP contribution in [0.3, 0.4) is 0 Å². The second-order valence-electron chi connectivity index (χ2n) is 10.2. The number of nitrogens with zero attached hydrogens (tertiary/aromatic N) is 5. The van der Waals surface area contributed by atoms with Crippen molar-refractivity contribution in [2.75, 3.05) is 62.7 Å². The van der Waals surface area contributed by atoms with Gasteiger partial charge in [-0.2, -0.15) is 9.97 Å². The van der Waals surface area contributed by atoms with Crippen LogP contribution in [0.25, 0.3) is 10.8 Å². The molecule has 6 rings (SSSR count). The van der Waals surface area contributed by atoms with E-state index in [-0.39, 0.29) is 5.82 Å². The number of aromatic nitrogens is 2. The summed E-state index contributed by atoms with van der Waals surface area (Å²) in [6.45, 7) is 7.04. The third kappa shape index (κ3) is 4.60. The molecular weight excluding hydrogens is 455 g/mol. The van der Waals surface area contributed by atoms with Crippen LogP contribution in [0, 0.1) is 5.82 Å². The van der Waals surface area contributed by atoms with E-state index in [1.165, 1.54) is 18.1 Å². The molecule has 1 N–H and O–H groups in total. The maximum Gasteiger partial charge on any atom is 0.318 e. The zero-order valence-corrected chi connectivity index (χ0v) is 21.0. The highest BCUT2D eigenvalue weighted by Gasteiger charge is 2.27. The van der Waals surface area contributed by atoms with E-state index in [0.717, 1.165) is 81.1 Å². The summed E-state index contributed by atoms with van der Waals surface area (Å²) in [5.74, 6) is 0.850. The van der Waals surface area contributed by atoms with Crippen molar-refractivity contribution in [1.82, 2.24) is 20.2 Å². The number of anilines is 2. The molecule has 7 nitrogen and oxygen atoms in total. The van der Waals surface area contributed by atoms with Gasteiger partial charge in [-0.25, -0.2) is 4.39 Å². The lowest BCUT2D eigenvalue weighted by atomic mass is 10.1. The van der Waals surface area contributed by atoms with E-state index in [9.17, 15) is 4.39 Å². The summed E-state index contributed by atoms with van der Waals surface area (Å²) in [7, 11) is 2.16. The van der Waals surface area contributed by atoms with Crippen molar-refractivity contribution in [3.63, 3.8) is 0 Å². The van der Waals surface area contributed by atoms with Crippen LogP contribution in [0.2, 0.25) is 0 Å². The van der Waals surface area contributed by atoms with Crippen molar-refractivity contribution in [2.24, 2.45) is 0 Å². The van der Waals surface area contributed by atoms with Gasteiger partial charge in [-0.05, 0) is 51.4 Å². The van der Waals surface area contributed by atoms with E-state index in [4.69, 9.17) is 14.7 Å². The number of benzene rings is 2. The normalized spacial score (nSPS) is 21.0. The fourth-order valence-corrected chi connectivity index (χ4v) is 5.89. The smallest absolute Gasteiger partial charge is 0.318 e. The Kier molecular flexibility index (Phi) is 6.63. The second-order valence-corrected chi connectivity index (χ2v) is 10.2. The highest BCUT2D eigenvalue weighted by atomic mass is 19.1. The van der Waals surface area contributed by atoms with E-state index >= 15 is 0 Å². The first kappa shape index (κ1) is 23.4. The summed E-state index contributed by atoms with van der Waals surface area (Å²) >= 11 is 0. The molecule has 0 saturated carbocycles. The number of halogens is 1. The fourth-order valence-electron chi connectivity index (χ4n) is 5.89. The highest BCUT2D eigenvalue weighted by molar-refractivity contribution is 5.94. The summed E-state index contributed by atoms with van der Waals surface area (Å²) in [6, 6.07) is 12.1. The third-order valence-electron chi connectivity index (χ3n) is 7.93. The average Bonchev–Trinajstić information content (AvgIpc) is 3.20. The Bertz CT molecular complexity index is 1230. The van der Waals surface area contributed by atoms with Gasteiger partial charge < -0.3 is 24.8 Å². The van der Waals surface area contributed by atoms with Gasteiger partial charge in [-0.1, -0.05) is 24.3 Å². The molecule has 190 valence electrons. The minimum atomic E-state index is -0.180. The number of hydrogen-bond donors (Lipinski definition) is 1. The molecule has 0 radical (unpaired) electrons. The number of hydrogen-bond acceptors (Lipinski definition) is 7.